The second kappa shape index (κ2) is 10.1. The summed E-state index contributed by atoms with van der Waals surface area (Å²) >= 11 is 0. The molecule has 1 unspecified atom stereocenters. The van der Waals surface area contributed by atoms with Gasteiger partial charge in [-0.25, -0.2) is 0 Å². The summed E-state index contributed by atoms with van der Waals surface area (Å²) in [6.07, 6.45) is 8.13. The highest BCUT2D eigenvalue weighted by molar-refractivity contribution is 5.76. The van der Waals surface area contributed by atoms with E-state index in [1.165, 1.54) is 18.4 Å². The number of nitrogens with zero attached hydrogens (tertiary/aromatic N) is 2. The smallest absolute Gasteiger partial charge is 0.317 e. The van der Waals surface area contributed by atoms with Gasteiger partial charge < -0.3 is 10.0 Å². The first kappa shape index (κ1) is 20.8. The lowest BCUT2D eigenvalue weighted by molar-refractivity contribution is -0.138. The van der Waals surface area contributed by atoms with Crippen molar-refractivity contribution in [1.29, 1.82) is 0 Å². The minimum absolute atomic E-state index is 0.0727. The molecule has 3 rings (SSSR count). The van der Waals surface area contributed by atoms with Crippen LogP contribution in [0.5, 0.6) is 0 Å². The number of hydrogen-bond acceptors (Lipinski definition) is 3. The van der Waals surface area contributed by atoms with Gasteiger partial charge in [0.2, 0.25) is 5.91 Å². The summed E-state index contributed by atoms with van der Waals surface area (Å²) in [6, 6.07) is 11.0. The molecule has 1 aromatic rings. The van der Waals surface area contributed by atoms with Crippen molar-refractivity contribution < 1.29 is 14.7 Å². The van der Waals surface area contributed by atoms with Crippen molar-refractivity contribution in [3.05, 3.63) is 35.9 Å². The molecule has 1 N–H and O–H groups in total. The Balaban J connectivity index is 1.43. The number of carboxylic acids is 1. The maximum Gasteiger partial charge on any atom is 0.317 e. The molecule has 1 aromatic carbocycles. The summed E-state index contributed by atoms with van der Waals surface area (Å²) < 4.78 is 0. The number of likely N-dealkylation sites (tertiary alicyclic amines) is 1. The molecule has 2 aliphatic rings. The molecule has 1 amide bonds. The predicted octanol–water partition coefficient (Wildman–Crippen LogP) is 3.75. The maximum absolute atomic E-state index is 12.8. The van der Waals surface area contributed by atoms with Crippen LogP contribution in [0, 0.1) is 5.92 Å². The van der Waals surface area contributed by atoms with Gasteiger partial charge in [-0.2, -0.15) is 0 Å². The Morgan fingerprint density at radius 2 is 1.75 bits per heavy atom. The molecule has 1 saturated heterocycles. The molecule has 1 heterocycles. The van der Waals surface area contributed by atoms with Crippen LogP contribution < -0.4 is 0 Å². The molecule has 28 heavy (non-hydrogen) atoms. The molecule has 1 aliphatic heterocycles. The second-order valence-electron chi connectivity index (χ2n) is 8.61. The molecular formula is C23H34N2O3. The Kier molecular flexibility index (Phi) is 7.49. The maximum atomic E-state index is 12.8. The monoisotopic (exact) mass is 386 g/mol. The fourth-order valence-electron chi connectivity index (χ4n) is 4.91. The van der Waals surface area contributed by atoms with Crippen LogP contribution in [0.25, 0.3) is 0 Å². The van der Waals surface area contributed by atoms with Crippen molar-refractivity contribution in [2.45, 2.75) is 63.3 Å². The first-order valence-electron chi connectivity index (χ1n) is 10.8. The zero-order chi connectivity index (χ0) is 19.9. The SMILES string of the molecule is CN(CC(=O)O)C1CCCN(C(=O)CC2CCC(c3ccccc3)CC2)CC1. The van der Waals surface area contributed by atoms with Crippen molar-refractivity contribution >= 4 is 11.9 Å². The number of likely N-dealkylation sites (N-methyl/N-ethyl adjacent to an activating group) is 1. The first-order valence-corrected chi connectivity index (χ1v) is 10.8. The van der Waals surface area contributed by atoms with E-state index < -0.39 is 5.97 Å². The molecule has 1 aliphatic carbocycles. The van der Waals surface area contributed by atoms with Crippen LogP contribution in [0.3, 0.4) is 0 Å². The zero-order valence-corrected chi connectivity index (χ0v) is 17.1. The van der Waals surface area contributed by atoms with Crippen molar-refractivity contribution in [2.24, 2.45) is 5.92 Å². The molecule has 2 fully saturated rings. The lowest BCUT2D eigenvalue weighted by Crippen LogP contribution is -2.37. The average Bonchev–Trinajstić information content (AvgIpc) is 2.95. The van der Waals surface area contributed by atoms with Gasteiger partial charge in [0.05, 0.1) is 6.54 Å². The molecule has 1 atom stereocenters. The van der Waals surface area contributed by atoms with Crippen molar-refractivity contribution in [3.63, 3.8) is 0 Å². The van der Waals surface area contributed by atoms with Crippen LogP contribution >= 0.6 is 0 Å². The summed E-state index contributed by atoms with van der Waals surface area (Å²) in [5, 5.41) is 8.99. The highest BCUT2D eigenvalue weighted by atomic mass is 16.4. The fraction of sp³-hybridized carbons (Fsp3) is 0.652. The summed E-state index contributed by atoms with van der Waals surface area (Å²) in [4.78, 5) is 27.7. The molecule has 5 heteroatoms. The van der Waals surface area contributed by atoms with Crippen LogP contribution in [0.2, 0.25) is 0 Å². The minimum atomic E-state index is -0.786. The van der Waals surface area contributed by atoms with Crippen molar-refractivity contribution in [2.75, 3.05) is 26.7 Å². The number of rotatable bonds is 6. The lowest BCUT2D eigenvalue weighted by Gasteiger charge is -2.30. The number of carbonyl (C=O) groups is 2. The molecule has 0 aromatic heterocycles. The number of carbonyl (C=O) groups excluding carboxylic acids is 1. The normalized spacial score (nSPS) is 26.1. The van der Waals surface area contributed by atoms with Gasteiger partial charge in [-0.15, -0.1) is 0 Å². The van der Waals surface area contributed by atoms with E-state index in [9.17, 15) is 9.59 Å². The Hall–Kier alpha value is -1.88. The molecular weight excluding hydrogens is 352 g/mol. The Morgan fingerprint density at radius 1 is 1.04 bits per heavy atom. The van der Waals surface area contributed by atoms with Gasteiger partial charge in [-0.3, -0.25) is 14.5 Å². The molecule has 0 bridgehead atoms. The van der Waals surface area contributed by atoms with Crippen molar-refractivity contribution in [3.8, 4) is 0 Å². The van der Waals surface area contributed by atoms with Crippen LogP contribution in [0.4, 0.5) is 0 Å². The Bertz CT molecular complexity index is 641. The third-order valence-electron chi connectivity index (χ3n) is 6.64. The van der Waals surface area contributed by atoms with Gasteiger partial charge in [-0.1, -0.05) is 30.3 Å². The van der Waals surface area contributed by atoms with Gasteiger partial charge >= 0.3 is 5.97 Å². The zero-order valence-electron chi connectivity index (χ0n) is 17.1. The van der Waals surface area contributed by atoms with E-state index in [2.05, 4.69) is 30.3 Å². The van der Waals surface area contributed by atoms with Gasteiger partial charge in [0.25, 0.3) is 0 Å². The van der Waals surface area contributed by atoms with E-state index in [-0.39, 0.29) is 12.6 Å². The third-order valence-corrected chi connectivity index (χ3v) is 6.64. The Labute approximate surface area is 168 Å². The minimum Gasteiger partial charge on any atom is -0.480 e. The van der Waals surface area contributed by atoms with Crippen LogP contribution in [-0.4, -0.2) is 59.5 Å². The first-order chi connectivity index (χ1) is 13.5. The summed E-state index contributed by atoms with van der Waals surface area (Å²) in [5.74, 6) is 0.674. The Morgan fingerprint density at radius 3 is 2.43 bits per heavy atom. The van der Waals surface area contributed by atoms with Crippen LogP contribution in [0.15, 0.2) is 30.3 Å². The molecule has 5 nitrogen and oxygen atoms in total. The fourth-order valence-corrected chi connectivity index (χ4v) is 4.91. The van der Waals surface area contributed by atoms with Crippen LogP contribution in [0.1, 0.15) is 62.8 Å². The summed E-state index contributed by atoms with van der Waals surface area (Å²) in [6.45, 7) is 1.64. The van der Waals surface area contributed by atoms with E-state index in [4.69, 9.17) is 5.11 Å². The highest BCUT2D eigenvalue weighted by Gasteiger charge is 2.28. The summed E-state index contributed by atoms with van der Waals surface area (Å²) in [7, 11) is 1.88. The largest absolute Gasteiger partial charge is 0.480 e. The average molecular weight is 387 g/mol. The molecule has 0 spiro atoms. The molecule has 154 valence electrons. The van der Waals surface area contributed by atoms with Gasteiger partial charge in [0.1, 0.15) is 0 Å². The third kappa shape index (κ3) is 5.81. The lowest BCUT2D eigenvalue weighted by atomic mass is 9.77. The number of carboxylic acid groups (broad SMARTS) is 1. The standard InChI is InChI=1S/C23H34N2O3/c1-24(17-23(27)28)21-8-5-14-25(15-13-21)22(26)16-18-9-11-20(12-10-18)19-6-3-2-4-7-19/h2-4,6-7,18,20-21H,5,8-17H2,1H3,(H,27,28). The highest BCUT2D eigenvalue weighted by Crippen LogP contribution is 2.37. The molecule has 1 saturated carbocycles. The number of amides is 1. The van der Waals surface area contributed by atoms with Crippen LogP contribution in [-0.2, 0) is 9.59 Å². The number of benzene rings is 1. The van der Waals surface area contributed by atoms with E-state index in [0.29, 0.717) is 24.2 Å². The topological polar surface area (TPSA) is 60.9 Å². The van der Waals surface area contributed by atoms with E-state index in [1.807, 2.05) is 16.8 Å². The van der Waals surface area contributed by atoms with E-state index in [1.54, 1.807) is 0 Å². The van der Waals surface area contributed by atoms with Crippen molar-refractivity contribution in [1.82, 2.24) is 9.80 Å². The second-order valence-corrected chi connectivity index (χ2v) is 8.61. The van der Waals surface area contributed by atoms with E-state index in [0.717, 1.165) is 45.2 Å². The number of hydrogen-bond donors (Lipinski definition) is 1. The number of aliphatic carboxylic acids is 1. The quantitative estimate of drug-likeness (QED) is 0.809. The predicted molar refractivity (Wildman–Crippen MR) is 110 cm³/mol. The summed E-state index contributed by atoms with van der Waals surface area (Å²) in [5.41, 5.74) is 1.44. The van der Waals surface area contributed by atoms with Gasteiger partial charge in [0, 0.05) is 25.6 Å². The molecule has 0 radical (unpaired) electrons. The van der Waals surface area contributed by atoms with Gasteiger partial charge in [-0.05, 0) is 69.4 Å². The van der Waals surface area contributed by atoms with E-state index >= 15 is 0 Å². The van der Waals surface area contributed by atoms with Gasteiger partial charge in [0.15, 0.2) is 0 Å².